The average Bonchev–Trinajstić information content (AvgIpc) is 2.79. The molecule has 0 unspecified atom stereocenters. The molecule has 2 rings (SSSR count). The highest BCUT2D eigenvalue weighted by Gasteiger charge is 2.13. The van der Waals surface area contributed by atoms with E-state index in [9.17, 15) is 0 Å². The Morgan fingerprint density at radius 1 is 1.15 bits per heavy atom. The average molecular weight is 287 g/mol. The Morgan fingerprint density at radius 2 is 1.85 bits per heavy atom. The third-order valence-electron chi connectivity index (χ3n) is 3.32. The first-order chi connectivity index (χ1) is 9.61. The van der Waals surface area contributed by atoms with Crippen molar-refractivity contribution in [3.63, 3.8) is 0 Å². The standard InChI is InChI=1S/C17H23N2S/c1-5-12-19-14(2)13-20-17(19)11-8-15-6-9-16(10-7-15)18(3)4/h6-11,13H,5,12H2,1-4H3/q+1. The Balaban J connectivity index is 2.16. The van der Waals surface area contributed by atoms with Gasteiger partial charge < -0.3 is 4.90 Å². The zero-order valence-electron chi connectivity index (χ0n) is 12.8. The van der Waals surface area contributed by atoms with Crippen LogP contribution in [0.1, 0.15) is 29.6 Å². The molecule has 2 nitrogen and oxygen atoms in total. The summed E-state index contributed by atoms with van der Waals surface area (Å²) in [6.07, 6.45) is 5.58. The van der Waals surface area contributed by atoms with Crippen molar-refractivity contribution in [2.75, 3.05) is 19.0 Å². The second-order valence-electron chi connectivity index (χ2n) is 5.19. The van der Waals surface area contributed by atoms with Gasteiger partial charge in [0.2, 0.25) is 0 Å². The van der Waals surface area contributed by atoms with Crippen molar-refractivity contribution < 1.29 is 4.57 Å². The highest BCUT2D eigenvalue weighted by atomic mass is 32.1. The number of aryl methyl sites for hydroxylation is 1. The van der Waals surface area contributed by atoms with Gasteiger partial charge in [0.15, 0.2) is 5.69 Å². The Bertz CT molecular complexity index is 580. The monoisotopic (exact) mass is 287 g/mol. The molecule has 0 aliphatic rings. The van der Waals surface area contributed by atoms with Crippen molar-refractivity contribution in [3.05, 3.63) is 45.9 Å². The topological polar surface area (TPSA) is 7.12 Å². The first-order valence-electron chi connectivity index (χ1n) is 7.05. The molecule has 0 radical (unpaired) electrons. The number of aromatic nitrogens is 1. The summed E-state index contributed by atoms with van der Waals surface area (Å²) in [4.78, 5) is 2.12. The predicted molar refractivity (Wildman–Crippen MR) is 89.2 cm³/mol. The van der Waals surface area contributed by atoms with Crippen LogP contribution < -0.4 is 9.47 Å². The molecular weight excluding hydrogens is 264 g/mol. The van der Waals surface area contributed by atoms with E-state index < -0.39 is 0 Å². The van der Waals surface area contributed by atoms with Crippen LogP contribution in [-0.4, -0.2) is 14.1 Å². The van der Waals surface area contributed by atoms with Crippen molar-refractivity contribution in [2.24, 2.45) is 0 Å². The van der Waals surface area contributed by atoms with Crippen LogP contribution in [0.15, 0.2) is 29.6 Å². The van der Waals surface area contributed by atoms with E-state index in [1.165, 1.54) is 28.4 Å². The molecule has 20 heavy (non-hydrogen) atoms. The number of benzene rings is 1. The summed E-state index contributed by atoms with van der Waals surface area (Å²) in [5, 5.41) is 3.55. The Labute approximate surface area is 126 Å². The van der Waals surface area contributed by atoms with Crippen molar-refractivity contribution in [2.45, 2.75) is 26.8 Å². The predicted octanol–water partition coefficient (Wildman–Crippen LogP) is 3.99. The number of hydrogen-bond donors (Lipinski definition) is 0. The van der Waals surface area contributed by atoms with Crippen molar-refractivity contribution >= 4 is 29.2 Å². The van der Waals surface area contributed by atoms with Crippen LogP contribution >= 0.6 is 11.3 Å². The van der Waals surface area contributed by atoms with Crippen LogP contribution in [0.25, 0.3) is 12.2 Å². The lowest BCUT2D eigenvalue weighted by Crippen LogP contribution is -2.36. The summed E-state index contributed by atoms with van der Waals surface area (Å²) >= 11 is 1.81. The molecule has 0 saturated carbocycles. The van der Waals surface area contributed by atoms with E-state index in [2.05, 4.69) is 79.2 Å². The van der Waals surface area contributed by atoms with Crippen LogP contribution in [-0.2, 0) is 6.54 Å². The quantitative estimate of drug-likeness (QED) is 0.754. The molecule has 0 N–H and O–H groups in total. The van der Waals surface area contributed by atoms with Gasteiger partial charge in [-0.05, 0) is 23.8 Å². The zero-order valence-corrected chi connectivity index (χ0v) is 13.6. The van der Waals surface area contributed by atoms with Crippen LogP contribution in [0.5, 0.6) is 0 Å². The lowest BCUT2D eigenvalue weighted by Gasteiger charge is -2.11. The molecule has 106 valence electrons. The highest BCUT2D eigenvalue weighted by molar-refractivity contribution is 7.10. The minimum atomic E-state index is 1.09. The third-order valence-corrected chi connectivity index (χ3v) is 4.37. The van der Waals surface area contributed by atoms with Crippen molar-refractivity contribution in [3.8, 4) is 0 Å². The molecule has 0 bridgehead atoms. The van der Waals surface area contributed by atoms with E-state index in [1.54, 1.807) is 0 Å². The number of rotatable bonds is 5. The summed E-state index contributed by atoms with van der Waals surface area (Å²) in [6.45, 7) is 5.49. The fourth-order valence-electron chi connectivity index (χ4n) is 2.14. The molecule has 0 fully saturated rings. The van der Waals surface area contributed by atoms with Gasteiger partial charge in [0.25, 0.3) is 5.01 Å². The summed E-state index contributed by atoms with van der Waals surface area (Å²) in [5.74, 6) is 0. The maximum absolute atomic E-state index is 2.38. The van der Waals surface area contributed by atoms with E-state index in [-0.39, 0.29) is 0 Å². The van der Waals surface area contributed by atoms with Crippen molar-refractivity contribution in [1.82, 2.24) is 0 Å². The van der Waals surface area contributed by atoms with E-state index in [0.717, 1.165) is 6.54 Å². The fraction of sp³-hybridized carbons (Fsp3) is 0.353. The molecule has 1 aromatic heterocycles. The van der Waals surface area contributed by atoms with Crippen LogP contribution in [0.3, 0.4) is 0 Å². The first-order valence-corrected chi connectivity index (χ1v) is 7.93. The molecule has 3 heteroatoms. The van der Waals surface area contributed by atoms with Gasteiger partial charge in [0.1, 0.15) is 6.54 Å². The summed E-state index contributed by atoms with van der Waals surface area (Å²) in [6, 6.07) is 8.63. The van der Waals surface area contributed by atoms with Gasteiger partial charge in [-0.3, -0.25) is 0 Å². The maximum atomic E-state index is 2.38. The lowest BCUT2D eigenvalue weighted by atomic mass is 10.2. The molecule has 1 aromatic carbocycles. The van der Waals surface area contributed by atoms with E-state index in [1.807, 2.05) is 11.3 Å². The van der Waals surface area contributed by atoms with Gasteiger partial charge >= 0.3 is 0 Å². The Hall–Kier alpha value is -1.61. The largest absolute Gasteiger partial charge is 0.378 e. The SMILES string of the molecule is CCC[n+]1c(C)csc1/C=C/c1ccc(N(C)C)cc1. The van der Waals surface area contributed by atoms with Crippen LogP contribution in [0, 0.1) is 6.92 Å². The lowest BCUT2D eigenvalue weighted by molar-refractivity contribution is -0.699. The number of hydrogen-bond acceptors (Lipinski definition) is 2. The zero-order chi connectivity index (χ0) is 14.5. The molecule has 0 atom stereocenters. The minimum Gasteiger partial charge on any atom is -0.378 e. The molecule has 0 aliphatic heterocycles. The number of thiazole rings is 1. The van der Waals surface area contributed by atoms with Gasteiger partial charge in [-0.25, -0.2) is 0 Å². The minimum absolute atomic E-state index is 1.09. The number of nitrogens with zero attached hydrogens (tertiary/aromatic N) is 2. The molecule has 0 spiro atoms. The van der Waals surface area contributed by atoms with E-state index >= 15 is 0 Å². The molecule has 0 saturated heterocycles. The van der Waals surface area contributed by atoms with E-state index in [0.29, 0.717) is 0 Å². The first kappa shape index (κ1) is 14.8. The Morgan fingerprint density at radius 3 is 2.45 bits per heavy atom. The Kier molecular flexibility index (Phi) is 4.96. The van der Waals surface area contributed by atoms with Gasteiger partial charge in [-0.1, -0.05) is 30.4 Å². The second kappa shape index (κ2) is 6.71. The third kappa shape index (κ3) is 3.48. The highest BCUT2D eigenvalue weighted by Crippen LogP contribution is 2.15. The summed E-state index contributed by atoms with van der Waals surface area (Å²) in [5.41, 5.74) is 3.82. The van der Waals surface area contributed by atoms with Gasteiger partial charge in [0.05, 0.1) is 5.38 Å². The normalized spacial score (nSPS) is 11.2. The molecular formula is C17H23N2S+. The molecule has 0 aliphatic carbocycles. The summed E-state index contributed by atoms with van der Waals surface area (Å²) in [7, 11) is 4.12. The van der Waals surface area contributed by atoms with Gasteiger partial charge in [-0.2, -0.15) is 4.57 Å². The van der Waals surface area contributed by atoms with E-state index in [4.69, 9.17) is 0 Å². The fourth-order valence-corrected chi connectivity index (χ4v) is 3.06. The van der Waals surface area contributed by atoms with Crippen LogP contribution in [0.4, 0.5) is 5.69 Å². The van der Waals surface area contributed by atoms with Crippen molar-refractivity contribution in [1.29, 1.82) is 0 Å². The second-order valence-corrected chi connectivity index (χ2v) is 6.08. The molecule has 2 aromatic rings. The molecule has 0 amide bonds. The maximum Gasteiger partial charge on any atom is 0.261 e. The molecule has 1 heterocycles. The van der Waals surface area contributed by atoms with Crippen LogP contribution in [0.2, 0.25) is 0 Å². The number of anilines is 1. The van der Waals surface area contributed by atoms with Gasteiger partial charge in [-0.15, -0.1) is 0 Å². The van der Waals surface area contributed by atoms with Gasteiger partial charge in [0, 0.05) is 39.2 Å². The summed E-state index contributed by atoms with van der Waals surface area (Å²) < 4.78 is 2.38. The smallest absolute Gasteiger partial charge is 0.261 e.